The topological polar surface area (TPSA) is 86.5 Å². The van der Waals surface area contributed by atoms with Crippen LogP contribution in [0.4, 0.5) is 11.5 Å². The summed E-state index contributed by atoms with van der Waals surface area (Å²) in [6, 6.07) is 11.3. The smallest absolute Gasteiger partial charge is 0.287 e. The average molecular weight is 357 g/mol. The second-order valence-corrected chi connectivity index (χ2v) is 6.36. The first-order chi connectivity index (χ1) is 12.6. The lowest BCUT2D eigenvalue weighted by atomic mass is 9.74. The van der Waals surface area contributed by atoms with Crippen molar-refractivity contribution in [2.24, 2.45) is 0 Å². The molecule has 0 radical (unpaired) electrons. The minimum atomic E-state index is -0.448. The van der Waals surface area contributed by atoms with Crippen LogP contribution in [-0.4, -0.2) is 36.3 Å². The summed E-state index contributed by atoms with van der Waals surface area (Å²) in [4.78, 5) is 14.4. The van der Waals surface area contributed by atoms with Gasteiger partial charge in [-0.1, -0.05) is 12.1 Å². The molecule has 138 valence electrons. The Kier molecular flexibility index (Phi) is 5.68. The quantitative estimate of drug-likeness (QED) is 0.602. The lowest BCUT2D eigenvalue weighted by Crippen LogP contribution is -2.40. The number of nitro groups is 1. The molecule has 7 heteroatoms. The van der Waals surface area contributed by atoms with E-state index in [0.717, 1.165) is 18.6 Å². The van der Waals surface area contributed by atoms with Crippen LogP contribution in [0, 0.1) is 10.1 Å². The summed E-state index contributed by atoms with van der Waals surface area (Å²) in [5.41, 5.74) is 1.16. The van der Waals surface area contributed by atoms with Gasteiger partial charge in [-0.2, -0.15) is 0 Å². The van der Waals surface area contributed by atoms with Crippen molar-refractivity contribution in [3.05, 3.63) is 58.3 Å². The largest absolute Gasteiger partial charge is 0.494 e. The highest BCUT2D eigenvalue weighted by molar-refractivity contribution is 5.42. The van der Waals surface area contributed by atoms with Gasteiger partial charge in [-0.05, 0) is 43.5 Å². The number of ether oxygens (including phenoxy) is 2. The van der Waals surface area contributed by atoms with Gasteiger partial charge in [0.25, 0.3) is 5.69 Å². The van der Waals surface area contributed by atoms with Crippen molar-refractivity contribution in [2.45, 2.75) is 25.2 Å². The second-order valence-electron chi connectivity index (χ2n) is 6.36. The maximum Gasteiger partial charge on any atom is 0.287 e. The molecular formula is C19H23N3O4. The van der Waals surface area contributed by atoms with Crippen LogP contribution in [0.2, 0.25) is 0 Å². The Labute approximate surface area is 152 Å². The fourth-order valence-electron chi connectivity index (χ4n) is 3.26. The molecule has 2 heterocycles. The number of hydrogen-bond acceptors (Lipinski definition) is 6. The highest BCUT2D eigenvalue weighted by Gasteiger charge is 2.34. The van der Waals surface area contributed by atoms with E-state index in [2.05, 4.69) is 22.4 Å². The standard InChI is InChI=1S/C19H23N3O4/c1-2-26-17-6-3-15(4-7-17)19(9-11-25-12-10-19)14-21-18-8-5-16(13-20-18)22(23)24/h3-8,13H,2,9-12,14H2,1H3,(H,20,21). The fraction of sp³-hybridized carbons (Fsp3) is 0.421. The summed E-state index contributed by atoms with van der Waals surface area (Å²) in [6.07, 6.45) is 3.08. The van der Waals surface area contributed by atoms with Gasteiger partial charge >= 0.3 is 0 Å². The molecule has 3 rings (SSSR count). The van der Waals surface area contributed by atoms with Gasteiger partial charge < -0.3 is 14.8 Å². The Morgan fingerprint density at radius 3 is 2.54 bits per heavy atom. The number of hydrogen-bond donors (Lipinski definition) is 1. The molecule has 1 aromatic carbocycles. The van der Waals surface area contributed by atoms with Crippen LogP contribution in [-0.2, 0) is 10.2 Å². The molecule has 1 fully saturated rings. The normalized spacial score (nSPS) is 16.0. The van der Waals surface area contributed by atoms with Gasteiger partial charge in [0.15, 0.2) is 0 Å². The van der Waals surface area contributed by atoms with Gasteiger partial charge in [-0.3, -0.25) is 10.1 Å². The molecule has 0 unspecified atom stereocenters. The summed E-state index contributed by atoms with van der Waals surface area (Å²) in [7, 11) is 0. The van der Waals surface area contributed by atoms with E-state index in [1.807, 2.05) is 19.1 Å². The zero-order valence-corrected chi connectivity index (χ0v) is 14.8. The zero-order chi connectivity index (χ0) is 18.4. The molecule has 0 spiro atoms. The SMILES string of the molecule is CCOc1ccc(C2(CNc3ccc([N+](=O)[O-])cn3)CCOCC2)cc1. The average Bonchev–Trinajstić information content (AvgIpc) is 2.68. The van der Waals surface area contributed by atoms with Crippen LogP contribution in [0.5, 0.6) is 5.75 Å². The monoisotopic (exact) mass is 357 g/mol. The summed E-state index contributed by atoms with van der Waals surface area (Å²) in [5.74, 6) is 1.50. The molecule has 1 aliphatic heterocycles. The highest BCUT2D eigenvalue weighted by Crippen LogP contribution is 2.36. The van der Waals surface area contributed by atoms with E-state index >= 15 is 0 Å². The van der Waals surface area contributed by atoms with Gasteiger partial charge in [0.2, 0.25) is 0 Å². The lowest BCUT2D eigenvalue weighted by Gasteiger charge is -2.38. The van der Waals surface area contributed by atoms with Crippen molar-refractivity contribution in [3.63, 3.8) is 0 Å². The summed E-state index contributed by atoms with van der Waals surface area (Å²) in [5, 5.41) is 14.1. The van der Waals surface area contributed by atoms with E-state index < -0.39 is 4.92 Å². The summed E-state index contributed by atoms with van der Waals surface area (Å²) in [6.45, 7) is 4.72. The van der Waals surface area contributed by atoms with E-state index in [4.69, 9.17) is 9.47 Å². The van der Waals surface area contributed by atoms with Gasteiger partial charge in [-0.15, -0.1) is 0 Å². The Bertz CT molecular complexity index is 725. The first-order valence-corrected chi connectivity index (χ1v) is 8.78. The Morgan fingerprint density at radius 2 is 1.96 bits per heavy atom. The van der Waals surface area contributed by atoms with Gasteiger partial charge in [0, 0.05) is 31.2 Å². The van der Waals surface area contributed by atoms with Crippen molar-refractivity contribution in [1.82, 2.24) is 4.98 Å². The number of aromatic nitrogens is 1. The molecule has 1 saturated heterocycles. The second kappa shape index (κ2) is 8.14. The van der Waals surface area contributed by atoms with E-state index in [1.165, 1.54) is 17.8 Å². The molecule has 1 aromatic heterocycles. The third-order valence-electron chi connectivity index (χ3n) is 4.79. The first kappa shape index (κ1) is 18.1. The predicted molar refractivity (Wildman–Crippen MR) is 98.7 cm³/mol. The molecular weight excluding hydrogens is 334 g/mol. The molecule has 0 aliphatic carbocycles. The van der Waals surface area contributed by atoms with Crippen LogP contribution in [0.1, 0.15) is 25.3 Å². The summed E-state index contributed by atoms with van der Waals surface area (Å²) < 4.78 is 11.1. The molecule has 26 heavy (non-hydrogen) atoms. The maximum absolute atomic E-state index is 10.7. The van der Waals surface area contributed by atoms with Crippen LogP contribution in [0.25, 0.3) is 0 Å². The predicted octanol–water partition coefficient (Wildman–Crippen LogP) is 3.55. The van der Waals surface area contributed by atoms with Crippen molar-refractivity contribution < 1.29 is 14.4 Å². The van der Waals surface area contributed by atoms with Crippen molar-refractivity contribution in [2.75, 3.05) is 31.7 Å². The maximum atomic E-state index is 10.7. The molecule has 0 bridgehead atoms. The number of nitrogens with zero attached hydrogens (tertiary/aromatic N) is 2. The van der Waals surface area contributed by atoms with Crippen LogP contribution >= 0.6 is 0 Å². The molecule has 1 aliphatic rings. The number of nitrogens with one attached hydrogen (secondary N) is 1. The zero-order valence-electron chi connectivity index (χ0n) is 14.8. The van der Waals surface area contributed by atoms with Crippen LogP contribution in [0.15, 0.2) is 42.6 Å². The van der Waals surface area contributed by atoms with E-state index in [0.29, 0.717) is 32.2 Å². The van der Waals surface area contributed by atoms with E-state index in [-0.39, 0.29) is 11.1 Å². The molecule has 2 aromatic rings. The highest BCUT2D eigenvalue weighted by atomic mass is 16.6. The van der Waals surface area contributed by atoms with Crippen LogP contribution < -0.4 is 10.1 Å². The lowest BCUT2D eigenvalue weighted by molar-refractivity contribution is -0.385. The molecule has 1 N–H and O–H groups in total. The number of pyridine rings is 1. The van der Waals surface area contributed by atoms with Crippen LogP contribution in [0.3, 0.4) is 0 Å². The third kappa shape index (κ3) is 4.11. The molecule has 0 saturated carbocycles. The number of anilines is 1. The minimum absolute atomic E-state index is 0.0113. The Hall–Kier alpha value is -2.67. The minimum Gasteiger partial charge on any atom is -0.494 e. The first-order valence-electron chi connectivity index (χ1n) is 8.78. The Morgan fingerprint density at radius 1 is 1.23 bits per heavy atom. The molecule has 0 atom stereocenters. The molecule has 0 amide bonds. The van der Waals surface area contributed by atoms with Gasteiger partial charge in [0.1, 0.15) is 17.8 Å². The van der Waals surface area contributed by atoms with Gasteiger partial charge in [-0.25, -0.2) is 4.98 Å². The van der Waals surface area contributed by atoms with Crippen molar-refractivity contribution in [3.8, 4) is 5.75 Å². The van der Waals surface area contributed by atoms with E-state index in [1.54, 1.807) is 6.07 Å². The Balaban J connectivity index is 1.75. The summed E-state index contributed by atoms with van der Waals surface area (Å²) >= 11 is 0. The van der Waals surface area contributed by atoms with Crippen molar-refractivity contribution in [1.29, 1.82) is 0 Å². The molecule has 7 nitrogen and oxygen atoms in total. The number of rotatable bonds is 7. The van der Waals surface area contributed by atoms with Crippen molar-refractivity contribution >= 4 is 11.5 Å². The third-order valence-corrected chi connectivity index (χ3v) is 4.79. The van der Waals surface area contributed by atoms with Gasteiger partial charge in [0.05, 0.1) is 11.5 Å². The fourth-order valence-corrected chi connectivity index (χ4v) is 3.26. The van der Waals surface area contributed by atoms with E-state index in [9.17, 15) is 10.1 Å². The number of benzene rings is 1.